The van der Waals surface area contributed by atoms with Gasteiger partial charge in [-0.1, -0.05) is 0 Å². The van der Waals surface area contributed by atoms with Crippen molar-refractivity contribution >= 4 is 39.3 Å². The Morgan fingerprint density at radius 1 is 1.36 bits per heavy atom. The number of nitrogens with one attached hydrogen (secondary N) is 3. The predicted octanol–water partition coefficient (Wildman–Crippen LogP) is -0.507. The fourth-order valence-corrected chi connectivity index (χ4v) is 2.90. The molecule has 0 aromatic carbocycles. The maximum absolute atomic E-state index is 11.7. The molecule has 2 rings (SSSR count). The molecule has 1 atom stereocenters. The van der Waals surface area contributed by atoms with E-state index in [2.05, 4.69) is 34.4 Å². The number of aliphatic imine (C=N–C) groups is 1. The first kappa shape index (κ1) is 16.8. The molecule has 1 unspecified atom stereocenters. The summed E-state index contributed by atoms with van der Waals surface area (Å²) in [4.78, 5) is 47.6. The van der Waals surface area contributed by atoms with Crippen LogP contribution in [0.5, 0.6) is 0 Å². The summed E-state index contributed by atoms with van der Waals surface area (Å²) in [5, 5.41) is 5.12. The van der Waals surface area contributed by atoms with Crippen molar-refractivity contribution in [2.45, 2.75) is 0 Å². The van der Waals surface area contributed by atoms with Crippen LogP contribution in [0.1, 0.15) is 0 Å². The van der Waals surface area contributed by atoms with Gasteiger partial charge in [-0.3, -0.25) is 14.3 Å². The lowest BCUT2D eigenvalue weighted by Crippen LogP contribution is -2.20. The minimum atomic E-state index is -5.19. The van der Waals surface area contributed by atoms with Crippen LogP contribution in [0, 0.1) is 0 Å². The first-order valence-electron chi connectivity index (χ1n) is 5.55. The molecule has 0 spiro atoms. The van der Waals surface area contributed by atoms with E-state index in [0.717, 1.165) is 0 Å². The number of anilines is 2. The highest BCUT2D eigenvalue weighted by atomic mass is 31.3. The van der Waals surface area contributed by atoms with E-state index < -0.39 is 27.9 Å². The van der Waals surface area contributed by atoms with Gasteiger partial charge in [0.2, 0.25) is 5.95 Å². The van der Waals surface area contributed by atoms with E-state index in [9.17, 15) is 13.9 Å². The number of phosphoric ester groups is 1. The highest BCUT2D eigenvalue weighted by molar-refractivity contribution is 7.60. The maximum atomic E-state index is 11.7. The fourth-order valence-electron chi connectivity index (χ4n) is 1.41. The van der Waals surface area contributed by atoms with Gasteiger partial charge >= 0.3 is 15.6 Å². The predicted molar refractivity (Wildman–Crippen MR) is 74.0 cm³/mol. The molecule has 0 saturated heterocycles. The van der Waals surface area contributed by atoms with E-state index >= 15 is 0 Å². The largest absolute Gasteiger partial charge is 0.482 e. The maximum Gasteiger partial charge on any atom is 0.482 e. The molecule has 0 fully saturated rings. The van der Waals surface area contributed by atoms with E-state index in [1.165, 1.54) is 6.21 Å². The van der Waals surface area contributed by atoms with Crippen LogP contribution in [0.25, 0.3) is 0 Å². The van der Waals surface area contributed by atoms with Gasteiger partial charge in [-0.15, -0.1) is 0 Å². The highest BCUT2D eigenvalue weighted by Crippen LogP contribution is 2.57. The lowest BCUT2D eigenvalue weighted by Gasteiger charge is -2.14. The van der Waals surface area contributed by atoms with Crippen molar-refractivity contribution in [3.05, 3.63) is 10.4 Å². The van der Waals surface area contributed by atoms with Gasteiger partial charge in [0.25, 0.3) is 5.56 Å². The first-order chi connectivity index (χ1) is 10.2. The molecule has 15 heteroatoms. The number of rotatable bonds is 6. The van der Waals surface area contributed by atoms with Crippen molar-refractivity contribution < 1.29 is 32.6 Å². The summed E-state index contributed by atoms with van der Waals surface area (Å²) in [6, 6.07) is 0. The van der Waals surface area contributed by atoms with Gasteiger partial charge in [-0.05, 0) is 0 Å². The second-order valence-electron chi connectivity index (χ2n) is 3.80. The zero-order chi connectivity index (χ0) is 16.4. The van der Waals surface area contributed by atoms with Crippen molar-refractivity contribution in [3.8, 4) is 0 Å². The second-order valence-corrected chi connectivity index (χ2v) is 6.62. The molecule has 13 nitrogen and oxygen atoms in total. The molecule has 0 radical (unpaired) electrons. The van der Waals surface area contributed by atoms with E-state index in [1.807, 2.05) is 0 Å². The lowest BCUT2D eigenvalue weighted by atomic mass is 10.4. The highest BCUT2D eigenvalue weighted by Gasteiger charge is 2.32. The van der Waals surface area contributed by atoms with Crippen LogP contribution in [-0.2, 0) is 18.0 Å². The number of aromatic amines is 1. The molecule has 0 bridgehead atoms. The number of phosphoric acid groups is 2. The summed E-state index contributed by atoms with van der Waals surface area (Å²) in [7, 11) is -10.2. The van der Waals surface area contributed by atoms with Crippen molar-refractivity contribution in [2.24, 2.45) is 4.99 Å². The number of aromatic nitrogens is 2. The first-order valence-corrected chi connectivity index (χ1v) is 8.58. The van der Waals surface area contributed by atoms with Crippen LogP contribution >= 0.6 is 15.6 Å². The average Bonchev–Trinajstić information content (AvgIpc) is 2.35. The van der Waals surface area contributed by atoms with Crippen LogP contribution in [-0.4, -0.2) is 44.1 Å². The van der Waals surface area contributed by atoms with Gasteiger partial charge in [0.1, 0.15) is 6.73 Å². The minimum Gasteiger partial charge on any atom is -0.363 e. The molecule has 1 aliphatic heterocycles. The summed E-state index contributed by atoms with van der Waals surface area (Å²) in [6.07, 6.45) is 1.48. The number of nitrogens with zero attached hydrogens (tertiary/aromatic N) is 2. The van der Waals surface area contributed by atoms with E-state index in [-0.39, 0.29) is 17.5 Å². The molecule has 1 aromatic heterocycles. The third kappa shape index (κ3) is 4.71. The molecule has 0 amide bonds. The van der Waals surface area contributed by atoms with E-state index in [4.69, 9.17) is 14.7 Å². The van der Waals surface area contributed by atoms with Crippen molar-refractivity contribution in [2.75, 3.05) is 23.9 Å². The normalized spacial score (nSPS) is 16.5. The monoisotopic (exact) mass is 355 g/mol. The molecule has 6 N–H and O–H groups in total. The smallest absolute Gasteiger partial charge is 0.363 e. The van der Waals surface area contributed by atoms with E-state index in [1.54, 1.807) is 0 Å². The van der Waals surface area contributed by atoms with Crippen LogP contribution in [0.15, 0.2) is 9.79 Å². The van der Waals surface area contributed by atoms with Gasteiger partial charge in [-0.2, -0.15) is 9.29 Å². The van der Waals surface area contributed by atoms with Crippen molar-refractivity contribution in [1.29, 1.82) is 0 Å². The summed E-state index contributed by atoms with van der Waals surface area (Å²) in [6.45, 7) is -0.333. The zero-order valence-electron chi connectivity index (χ0n) is 10.7. The summed E-state index contributed by atoms with van der Waals surface area (Å²) in [5.41, 5.74) is -0.482. The van der Waals surface area contributed by atoms with Crippen molar-refractivity contribution in [3.63, 3.8) is 0 Å². The molecule has 1 aromatic rings. The Hall–Kier alpha value is -1.59. The average molecular weight is 355 g/mol. The topological polar surface area (TPSA) is 195 Å². The molecule has 1 aliphatic rings. The Morgan fingerprint density at radius 3 is 2.77 bits per heavy atom. The van der Waals surface area contributed by atoms with Crippen LogP contribution in [0.3, 0.4) is 0 Å². The third-order valence-corrected chi connectivity index (χ3v) is 4.28. The van der Waals surface area contributed by atoms with Crippen LogP contribution in [0.2, 0.25) is 0 Å². The van der Waals surface area contributed by atoms with Gasteiger partial charge < -0.3 is 25.3 Å². The molecular weight excluding hydrogens is 344 g/mol. The quantitative estimate of drug-likeness (QED) is 0.284. The summed E-state index contributed by atoms with van der Waals surface area (Å²) < 4.78 is 29.5. The Balaban J connectivity index is 2.00. The van der Waals surface area contributed by atoms with Gasteiger partial charge in [0, 0.05) is 6.21 Å². The fraction of sp³-hybridized carbons (Fsp3) is 0.286. The molecule has 2 heterocycles. The van der Waals surface area contributed by atoms with Crippen molar-refractivity contribution in [1.82, 2.24) is 9.97 Å². The molecule has 0 aliphatic carbocycles. The molecule has 0 saturated carbocycles. The molecule has 22 heavy (non-hydrogen) atoms. The molecular formula is C7H11N5O8P2. The number of fused-ring (bicyclic) bond motifs is 1. The zero-order valence-corrected chi connectivity index (χ0v) is 12.5. The number of hydrogen-bond acceptors (Lipinski definition) is 9. The van der Waals surface area contributed by atoms with Gasteiger partial charge in [-0.25, -0.2) is 14.1 Å². The Kier molecular flexibility index (Phi) is 4.78. The van der Waals surface area contributed by atoms with Crippen LogP contribution in [0.4, 0.5) is 17.5 Å². The standard InChI is InChI=1S/C7H11N5O8P2/c13-6-4-5(9-2-1-8-4)11-7(12-6)10-3-19-22(17,18)20-21(14,15)16/h1H,2-3H2,(H,17,18)(H2,14,15,16)(H3,9,10,11,12,13). The summed E-state index contributed by atoms with van der Waals surface area (Å²) >= 11 is 0. The summed E-state index contributed by atoms with van der Waals surface area (Å²) in [5.74, 6) is 0.0944. The second kappa shape index (κ2) is 6.26. The van der Waals surface area contributed by atoms with E-state index in [0.29, 0.717) is 6.54 Å². The minimum absolute atomic E-state index is 0.0791. The Labute approximate surface area is 122 Å². The molecule has 122 valence electrons. The third-order valence-electron chi connectivity index (χ3n) is 2.15. The Bertz CT molecular complexity index is 741. The van der Waals surface area contributed by atoms with Crippen LogP contribution < -0.4 is 16.2 Å². The number of hydrogen-bond donors (Lipinski definition) is 6. The SMILES string of the molecule is O=c1[nH]c(NCOP(=O)(O)OP(=O)(O)O)nc2c1N=CCN2. The Morgan fingerprint density at radius 2 is 2.09 bits per heavy atom. The van der Waals surface area contributed by atoms with Gasteiger partial charge in [0.05, 0.1) is 6.54 Å². The number of H-pyrrole nitrogens is 1. The van der Waals surface area contributed by atoms with Gasteiger partial charge in [0.15, 0.2) is 11.5 Å². The lowest BCUT2D eigenvalue weighted by molar-refractivity contribution is 0.186.